The highest BCUT2D eigenvalue weighted by Gasteiger charge is 2.45. The van der Waals surface area contributed by atoms with Crippen LogP contribution in [0.25, 0.3) is 5.69 Å². The van der Waals surface area contributed by atoms with Gasteiger partial charge < -0.3 is 10.2 Å². The molecule has 4 nitrogen and oxygen atoms in total. The molecule has 5 rings (SSSR count). The van der Waals surface area contributed by atoms with Gasteiger partial charge in [-0.1, -0.05) is 15.9 Å². The molecule has 2 atom stereocenters. The fraction of sp³-hybridized carbons (Fsp3) is 0.353. The van der Waals surface area contributed by atoms with E-state index in [-0.39, 0.29) is 33.6 Å². The molecule has 2 bridgehead atoms. The minimum atomic E-state index is -4.58. The van der Waals surface area contributed by atoms with E-state index < -0.39 is 17.7 Å². The Balaban J connectivity index is 1.93. The van der Waals surface area contributed by atoms with E-state index in [0.29, 0.717) is 30.4 Å². The average Bonchev–Trinajstić information content (AvgIpc) is 2.81. The molecule has 0 aliphatic heterocycles. The molecule has 1 fully saturated rings. The summed E-state index contributed by atoms with van der Waals surface area (Å²) in [5, 5.41) is 21.1. The minimum absolute atomic E-state index is 0.00277. The van der Waals surface area contributed by atoms with Gasteiger partial charge in [-0.25, -0.2) is 0 Å². The zero-order valence-electron chi connectivity index (χ0n) is 12.8. The van der Waals surface area contributed by atoms with E-state index in [1.807, 2.05) is 0 Å². The van der Waals surface area contributed by atoms with Crippen molar-refractivity contribution in [3.05, 3.63) is 39.4 Å². The van der Waals surface area contributed by atoms with Crippen molar-refractivity contribution in [2.75, 3.05) is 0 Å². The number of aromatic hydroxyl groups is 2. The van der Waals surface area contributed by atoms with Crippen LogP contribution in [0.4, 0.5) is 13.2 Å². The predicted octanol–water partition coefficient (Wildman–Crippen LogP) is 4.60. The minimum Gasteiger partial charge on any atom is -0.494 e. The number of alkyl halides is 3. The molecule has 1 aromatic heterocycles. The number of benzene rings is 1. The first-order valence-electron chi connectivity index (χ1n) is 7.76. The fourth-order valence-corrected chi connectivity index (χ4v) is 4.48. The standard InChI is InChI=1S/C17H13BrF3NO3/c18-11-4-2-8(6-10(11)17(19,20)21)22-15(24)13-7-1-3-9(12(23)5-7)14(13)16(22)25/h2,4,6-7,9,24-25H,1,3,5H2/t7-,9+/m0/s1. The third-order valence-corrected chi connectivity index (χ3v) is 5.80. The second-order valence-corrected chi connectivity index (χ2v) is 7.32. The maximum Gasteiger partial charge on any atom is 0.417 e. The molecule has 0 unspecified atom stereocenters. The topological polar surface area (TPSA) is 62.5 Å². The van der Waals surface area contributed by atoms with Gasteiger partial charge in [0, 0.05) is 27.9 Å². The van der Waals surface area contributed by atoms with Crippen molar-refractivity contribution in [1.29, 1.82) is 0 Å². The van der Waals surface area contributed by atoms with E-state index in [0.717, 1.165) is 10.6 Å². The summed E-state index contributed by atoms with van der Waals surface area (Å²) < 4.78 is 40.3. The second kappa shape index (κ2) is 5.27. The third kappa shape index (κ3) is 2.30. The van der Waals surface area contributed by atoms with Crippen LogP contribution in [-0.4, -0.2) is 20.6 Å². The molecule has 0 amide bonds. The Hall–Kier alpha value is -1.96. The molecule has 1 heterocycles. The number of Topliss-reactive ketones (excluding diaryl/α,β-unsaturated/α-hetero) is 1. The molecule has 0 saturated heterocycles. The number of hydrogen-bond donors (Lipinski definition) is 2. The lowest BCUT2D eigenvalue weighted by molar-refractivity contribution is -0.138. The monoisotopic (exact) mass is 415 g/mol. The van der Waals surface area contributed by atoms with Crippen LogP contribution in [-0.2, 0) is 11.0 Å². The average molecular weight is 416 g/mol. The van der Waals surface area contributed by atoms with E-state index in [4.69, 9.17) is 0 Å². The van der Waals surface area contributed by atoms with E-state index in [1.165, 1.54) is 12.1 Å². The van der Waals surface area contributed by atoms with Gasteiger partial charge in [-0.2, -0.15) is 13.2 Å². The largest absolute Gasteiger partial charge is 0.494 e. The number of nitrogens with zero attached hydrogens (tertiary/aromatic N) is 1. The van der Waals surface area contributed by atoms with E-state index in [2.05, 4.69) is 15.9 Å². The molecule has 2 aromatic rings. The van der Waals surface area contributed by atoms with E-state index in [1.54, 1.807) is 0 Å². The van der Waals surface area contributed by atoms with Gasteiger partial charge in [-0.15, -0.1) is 0 Å². The molecule has 2 N–H and O–H groups in total. The first-order chi connectivity index (χ1) is 11.7. The summed E-state index contributed by atoms with van der Waals surface area (Å²) in [6, 6.07) is 3.45. The normalized spacial score (nSPS) is 22.3. The van der Waals surface area contributed by atoms with Gasteiger partial charge in [-0.3, -0.25) is 9.36 Å². The van der Waals surface area contributed by atoms with Crippen LogP contribution in [0.15, 0.2) is 22.7 Å². The summed E-state index contributed by atoms with van der Waals surface area (Å²) in [5.41, 5.74) is -0.0624. The van der Waals surface area contributed by atoms with Crippen molar-refractivity contribution in [3.8, 4) is 17.4 Å². The molecular weight excluding hydrogens is 403 g/mol. The number of hydrogen-bond acceptors (Lipinski definition) is 3. The summed E-state index contributed by atoms with van der Waals surface area (Å²) >= 11 is 2.87. The highest BCUT2D eigenvalue weighted by molar-refractivity contribution is 9.10. The third-order valence-electron chi connectivity index (χ3n) is 5.11. The Kier molecular flexibility index (Phi) is 3.48. The Morgan fingerprint density at radius 3 is 2.44 bits per heavy atom. The zero-order valence-corrected chi connectivity index (χ0v) is 14.4. The first-order valence-corrected chi connectivity index (χ1v) is 8.55. The fourth-order valence-electron chi connectivity index (χ4n) is 4.01. The van der Waals surface area contributed by atoms with E-state index in [9.17, 15) is 28.2 Å². The number of halogens is 4. The van der Waals surface area contributed by atoms with Gasteiger partial charge in [0.15, 0.2) is 0 Å². The quantitative estimate of drug-likeness (QED) is 0.714. The molecule has 8 heteroatoms. The number of carbonyl (C=O) groups excluding carboxylic acids is 1. The number of ketones is 1. The molecule has 1 saturated carbocycles. The molecule has 3 aliphatic carbocycles. The molecule has 3 aliphatic rings. The van der Waals surface area contributed by atoms with Crippen molar-refractivity contribution in [2.45, 2.75) is 37.3 Å². The van der Waals surface area contributed by atoms with Crippen molar-refractivity contribution in [2.24, 2.45) is 0 Å². The SMILES string of the molecule is O=C1C[C@@H]2CC[C@H]1c1c2c(O)n(-c2ccc(Br)c(C(F)(F)F)c2)c1O. The Morgan fingerprint density at radius 2 is 1.80 bits per heavy atom. The smallest absolute Gasteiger partial charge is 0.417 e. The summed E-state index contributed by atoms with van der Waals surface area (Å²) in [7, 11) is 0. The van der Waals surface area contributed by atoms with E-state index >= 15 is 0 Å². The number of aromatic nitrogens is 1. The van der Waals surface area contributed by atoms with Crippen LogP contribution in [0, 0.1) is 0 Å². The summed E-state index contributed by atoms with van der Waals surface area (Å²) in [6.45, 7) is 0. The van der Waals surface area contributed by atoms with Gasteiger partial charge in [0.2, 0.25) is 11.8 Å². The molecule has 0 radical (unpaired) electrons. The van der Waals surface area contributed by atoms with Crippen molar-refractivity contribution in [3.63, 3.8) is 0 Å². The van der Waals surface area contributed by atoms with Crippen LogP contribution in [0.3, 0.4) is 0 Å². The Bertz CT molecular complexity index is 904. The lowest BCUT2D eigenvalue weighted by atomic mass is 9.67. The molecular formula is C17H13BrF3NO3. The molecule has 25 heavy (non-hydrogen) atoms. The van der Waals surface area contributed by atoms with Crippen LogP contribution in [0.2, 0.25) is 0 Å². The maximum absolute atomic E-state index is 13.1. The number of carbonyl (C=O) groups is 1. The van der Waals surface area contributed by atoms with Crippen molar-refractivity contribution >= 4 is 21.7 Å². The first kappa shape index (κ1) is 16.5. The van der Waals surface area contributed by atoms with Crippen molar-refractivity contribution < 1.29 is 28.2 Å². The van der Waals surface area contributed by atoms with Crippen LogP contribution < -0.4 is 0 Å². The van der Waals surface area contributed by atoms with Gasteiger partial charge in [0.05, 0.1) is 11.3 Å². The van der Waals surface area contributed by atoms with Crippen LogP contribution >= 0.6 is 15.9 Å². The highest BCUT2D eigenvalue weighted by atomic mass is 79.9. The predicted molar refractivity (Wildman–Crippen MR) is 86.1 cm³/mol. The molecule has 1 aromatic carbocycles. The van der Waals surface area contributed by atoms with Crippen LogP contribution in [0.1, 0.15) is 47.8 Å². The lowest BCUT2D eigenvalue weighted by Crippen LogP contribution is -2.28. The van der Waals surface area contributed by atoms with Gasteiger partial charge in [0.1, 0.15) is 5.78 Å². The maximum atomic E-state index is 13.1. The molecule has 0 spiro atoms. The Labute approximate surface area is 149 Å². The van der Waals surface area contributed by atoms with Gasteiger partial charge in [0.25, 0.3) is 0 Å². The Morgan fingerprint density at radius 1 is 1.12 bits per heavy atom. The van der Waals surface area contributed by atoms with Crippen LogP contribution in [0.5, 0.6) is 11.8 Å². The van der Waals surface area contributed by atoms with Gasteiger partial charge in [-0.05, 0) is 37.0 Å². The second-order valence-electron chi connectivity index (χ2n) is 6.47. The summed E-state index contributed by atoms with van der Waals surface area (Å²) in [4.78, 5) is 12.1. The highest BCUT2D eigenvalue weighted by Crippen LogP contribution is 2.56. The summed E-state index contributed by atoms with van der Waals surface area (Å²) in [5.74, 6) is -1.33. The summed E-state index contributed by atoms with van der Waals surface area (Å²) in [6.07, 6.45) is -2.99. The zero-order chi connectivity index (χ0) is 18.1. The number of rotatable bonds is 1. The molecule has 132 valence electrons. The van der Waals surface area contributed by atoms with Crippen molar-refractivity contribution in [1.82, 2.24) is 4.57 Å². The van der Waals surface area contributed by atoms with Gasteiger partial charge >= 0.3 is 6.18 Å². The lowest BCUT2D eigenvalue weighted by Gasteiger charge is -2.34. The number of fused-ring (bicyclic) bond motifs is 2.